The number of rotatable bonds is 3. The first-order valence-electron chi connectivity index (χ1n) is 8.32. The topological polar surface area (TPSA) is 70.7 Å². The number of nitrogens with zero attached hydrogens (tertiary/aromatic N) is 1. The van der Waals surface area contributed by atoms with E-state index in [0.29, 0.717) is 31.9 Å². The monoisotopic (exact) mass is 337 g/mol. The maximum atomic E-state index is 12.4. The van der Waals surface area contributed by atoms with Crippen LogP contribution in [0.2, 0.25) is 0 Å². The van der Waals surface area contributed by atoms with E-state index in [0.717, 1.165) is 29.0 Å². The van der Waals surface area contributed by atoms with Crippen LogP contribution in [0.3, 0.4) is 0 Å². The number of ether oxygens (including phenoxy) is 1. The number of carbonyl (C=O) groups is 2. The molecule has 0 radical (unpaired) electrons. The lowest BCUT2D eigenvalue weighted by Gasteiger charge is -2.28. The molecule has 6 nitrogen and oxygen atoms in total. The number of benzene rings is 2. The van der Waals surface area contributed by atoms with Crippen molar-refractivity contribution in [2.75, 3.05) is 29.9 Å². The van der Waals surface area contributed by atoms with Crippen LogP contribution in [-0.2, 0) is 22.7 Å². The van der Waals surface area contributed by atoms with Crippen LogP contribution in [0.1, 0.15) is 21.5 Å². The van der Waals surface area contributed by atoms with Crippen molar-refractivity contribution in [2.24, 2.45) is 0 Å². The number of anilines is 2. The van der Waals surface area contributed by atoms with Gasteiger partial charge >= 0.3 is 0 Å². The van der Waals surface area contributed by atoms with E-state index in [2.05, 4.69) is 10.6 Å². The van der Waals surface area contributed by atoms with Gasteiger partial charge in [0.1, 0.15) is 0 Å². The molecule has 2 aliphatic rings. The predicted octanol–water partition coefficient (Wildman–Crippen LogP) is 1.91. The van der Waals surface area contributed by atoms with Crippen LogP contribution in [0.4, 0.5) is 11.4 Å². The van der Waals surface area contributed by atoms with E-state index in [1.807, 2.05) is 47.4 Å². The Morgan fingerprint density at radius 1 is 1.08 bits per heavy atom. The van der Waals surface area contributed by atoms with E-state index < -0.39 is 0 Å². The number of hydrogen-bond donors (Lipinski definition) is 2. The number of fused-ring (bicyclic) bond motifs is 1. The number of hydrogen-bond acceptors (Lipinski definition) is 4. The van der Waals surface area contributed by atoms with Crippen LogP contribution in [0.25, 0.3) is 0 Å². The molecule has 1 saturated heterocycles. The minimum absolute atomic E-state index is 0.0317. The third-order valence-corrected chi connectivity index (χ3v) is 4.51. The summed E-state index contributed by atoms with van der Waals surface area (Å²) in [6.45, 7) is 2.98. The van der Waals surface area contributed by atoms with Crippen molar-refractivity contribution in [3.05, 3.63) is 59.2 Å². The Hall–Kier alpha value is -2.86. The van der Waals surface area contributed by atoms with Crippen molar-refractivity contribution >= 4 is 23.2 Å². The van der Waals surface area contributed by atoms with E-state index in [1.165, 1.54) is 0 Å². The average molecular weight is 337 g/mol. The molecule has 25 heavy (non-hydrogen) atoms. The summed E-state index contributed by atoms with van der Waals surface area (Å²) in [4.78, 5) is 25.9. The highest BCUT2D eigenvalue weighted by atomic mass is 16.5. The highest BCUT2D eigenvalue weighted by molar-refractivity contribution is 6.04. The Morgan fingerprint density at radius 3 is 2.68 bits per heavy atom. The summed E-state index contributed by atoms with van der Waals surface area (Å²) in [6, 6.07) is 13.2. The van der Waals surface area contributed by atoms with Crippen LogP contribution < -0.4 is 15.5 Å². The Balaban J connectivity index is 1.44. The van der Waals surface area contributed by atoms with E-state index >= 15 is 0 Å². The molecule has 2 aliphatic heterocycles. The molecule has 0 unspecified atom stereocenters. The quantitative estimate of drug-likeness (QED) is 0.897. The largest absolute Gasteiger partial charge is 0.372 e. The van der Waals surface area contributed by atoms with Gasteiger partial charge in [-0.1, -0.05) is 6.07 Å². The molecule has 128 valence electrons. The molecule has 6 heteroatoms. The highest BCUT2D eigenvalue weighted by Gasteiger charge is 2.17. The van der Waals surface area contributed by atoms with Crippen molar-refractivity contribution < 1.29 is 14.3 Å². The molecule has 2 aromatic carbocycles. The molecule has 4 rings (SSSR count). The molecule has 0 atom stereocenters. The zero-order valence-corrected chi connectivity index (χ0v) is 13.7. The minimum atomic E-state index is -0.139. The highest BCUT2D eigenvalue weighted by Crippen LogP contribution is 2.22. The van der Waals surface area contributed by atoms with Crippen molar-refractivity contribution in [3.63, 3.8) is 0 Å². The molecule has 0 spiro atoms. The molecule has 1 fully saturated rings. The smallest absolute Gasteiger partial charge is 0.255 e. The van der Waals surface area contributed by atoms with Gasteiger partial charge in [0.05, 0.1) is 19.8 Å². The molecular weight excluding hydrogens is 318 g/mol. The summed E-state index contributed by atoms with van der Waals surface area (Å²) in [5.41, 5.74) is 4.55. The van der Waals surface area contributed by atoms with Crippen LogP contribution >= 0.6 is 0 Å². The van der Waals surface area contributed by atoms with E-state index in [1.54, 1.807) is 0 Å². The first-order valence-corrected chi connectivity index (χ1v) is 8.32. The third kappa shape index (κ3) is 3.34. The molecule has 2 heterocycles. The Morgan fingerprint density at radius 2 is 1.88 bits per heavy atom. The van der Waals surface area contributed by atoms with Gasteiger partial charge in [-0.15, -0.1) is 0 Å². The number of nitrogens with one attached hydrogen (secondary N) is 2. The fourth-order valence-electron chi connectivity index (χ4n) is 3.13. The van der Waals surface area contributed by atoms with Crippen LogP contribution in [0.5, 0.6) is 0 Å². The van der Waals surface area contributed by atoms with Gasteiger partial charge in [-0.2, -0.15) is 0 Å². The standard InChI is InChI=1S/C19H19N3O3/c23-18-10-22(8-7-20-18)17-5-3-16(4-6-17)21-19(24)13-1-2-14-11-25-12-15(14)9-13/h1-6,9H,7-8,10-12H2,(H,20,23)(H,21,24). The molecule has 0 saturated carbocycles. The minimum Gasteiger partial charge on any atom is -0.372 e. The second kappa shape index (κ2) is 6.57. The Kier molecular flexibility index (Phi) is 4.11. The SMILES string of the molecule is O=C1CN(c2ccc(NC(=O)c3ccc4c(c3)COC4)cc2)CCN1. The van der Waals surface area contributed by atoms with Crippen molar-refractivity contribution in [1.29, 1.82) is 0 Å². The zero-order chi connectivity index (χ0) is 17.2. The number of piperazine rings is 1. The summed E-state index contributed by atoms with van der Waals surface area (Å²) in [7, 11) is 0. The molecule has 0 aliphatic carbocycles. The van der Waals surface area contributed by atoms with Gasteiger partial charge in [0, 0.05) is 30.0 Å². The normalized spacial score (nSPS) is 16.3. The van der Waals surface area contributed by atoms with Crippen LogP contribution in [0.15, 0.2) is 42.5 Å². The lowest BCUT2D eigenvalue weighted by Crippen LogP contribution is -2.47. The molecule has 2 aromatic rings. The van der Waals surface area contributed by atoms with E-state index in [9.17, 15) is 9.59 Å². The maximum Gasteiger partial charge on any atom is 0.255 e. The van der Waals surface area contributed by atoms with Gasteiger partial charge < -0.3 is 20.3 Å². The van der Waals surface area contributed by atoms with Crippen LogP contribution in [-0.4, -0.2) is 31.4 Å². The molecular formula is C19H19N3O3. The number of amides is 2. The summed E-state index contributed by atoms with van der Waals surface area (Å²) in [6.07, 6.45) is 0. The third-order valence-electron chi connectivity index (χ3n) is 4.51. The lowest BCUT2D eigenvalue weighted by molar-refractivity contribution is -0.120. The summed E-state index contributed by atoms with van der Waals surface area (Å²) in [5, 5.41) is 5.72. The number of carbonyl (C=O) groups excluding carboxylic acids is 2. The van der Waals surface area contributed by atoms with Gasteiger partial charge in [-0.05, 0) is 47.5 Å². The second-order valence-electron chi connectivity index (χ2n) is 6.25. The lowest BCUT2D eigenvalue weighted by atomic mass is 10.1. The van der Waals surface area contributed by atoms with Gasteiger partial charge in [-0.25, -0.2) is 0 Å². The molecule has 2 N–H and O–H groups in total. The molecule has 2 amide bonds. The molecule has 0 bridgehead atoms. The predicted molar refractivity (Wildman–Crippen MR) is 94.6 cm³/mol. The van der Waals surface area contributed by atoms with Crippen molar-refractivity contribution in [1.82, 2.24) is 5.32 Å². The zero-order valence-electron chi connectivity index (χ0n) is 13.7. The van der Waals surface area contributed by atoms with Gasteiger partial charge in [0.15, 0.2) is 0 Å². The maximum absolute atomic E-state index is 12.4. The fraction of sp³-hybridized carbons (Fsp3) is 0.263. The fourth-order valence-corrected chi connectivity index (χ4v) is 3.13. The summed E-state index contributed by atoms with van der Waals surface area (Å²) in [5.74, 6) is -0.107. The van der Waals surface area contributed by atoms with E-state index in [-0.39, 0.29) is 11.8 Å². The summed E-state index contributed by atoms with van der Waals surface area (Å²) >= 11 is 0. The Bertz CT molecular complexity index is 817. The Labute approximate surface area is 145 Å². The van der Waals surface area contributed by atoms with Crippen molar-refractivity contribution in [3.8, 4) is 0 Å². The first kappa shape index (κ1) is 15.7. The van der Waals surface area contributed by atoms with Gasteiger partial charge in [0.25, 0.3) is 5.91 Å². The van der Waals surface area contributed by atoms with Crippen molar-refractivity contribution in [2.45, 2.75) is 13.2 Å². The molecule has 0 aromatic heterocycles. The van der Waals surface area contributed by atoms with Gasteiger partial charge in [-0.3, -0.25) is 9.59 Å². The van der Waals surface area contributed by atoms with Crippen LogP contribution in [0, 0.1) is 0 Å². The summed E-state index contributed by atoms with van der Waals surface area (Å²) < 4.78 is 5.38. The second-order valence-corrected chi connectivity index (χ2v) is 6.25. The first-order chi connectivity index (χ1) is 12.2. The van der Waals surface area contributed by atoms with E-state index in [4.69, 9.17) is 4.74 Å². The van der Waals surface area contributed by atoms with Gasteiger partial charge in [0.2, 0.25) is 5.91 Å². The average Bonchev–Trinajstić information content (AvgIpc) is 3.10.